The van der Waals surface area contributed by atoms with Gasteiger partial charge in [-0.05, 0) is 48.9 Å². The number of nitrogens with zero attached hydrogens (tertiary/aromatic N) is 3. The van der Waals surface area contributed by atoms with Crippen LogP contribution in [0.2, 0.25) is 0 Å². The predicted molar refractivity (Wildman–Crippen MR) is 117 cm³/mol. The van der Waals surface area contributed by atoms with Gasteiger partial charge in [-0.2, -0.15) is 0 Å². The van der Waals surface area contributed by atoms with Gasteiger partial charge in [0.1, 0.15) is 24.2 Å². The summed E-state index contributed by atoms with van der Waals surface area (Å²) in [6.45, 7) is 3.18. The van der Waals surface area contributed by atoms with E-state index in [1.165, 1.54) is 35.2 Å². The number of halogens is 2. The largest absolute Gasteiger partial charge is 0.348 e. The van der Waals surface area contributed by atoms with Crippen LogP contribution in [-0.2, 0) is 11.3 Å². The van der Waals surface area contributed by atoms with Crippen LogP contribution < -0.4 is 0 Å². The SMILES string of the molecule is CCCN(CC(=O)N1CCn2cccc2C1c1ccccc1F)C(=O)c1ccc(F)cc1. The Hall–Kier alpha value is -3.48. The Labute approximate surface area is 185 Å². The van der Waals surface area contributed by atoms with Crippen molar-refractivity contribution in [3.8, 4) is 0 Å². The summed E-state index contributed by atoms with van der Waals surface area (Å²) in [4.78, 5) is 29.6. The fraction of sp³-hybridized carbons (Fsp3) is 0.280. The van der Waals surface area contributed by atoms with E-state index < -0.39 is 11.9 Å². The van der Waals surface area contributed by atoms with Gasteiger partial charge in [-0.1, -0.05) is 25.1 Å². The third kappa shape index (κ3) is 4.28. The van der Waals surface area contributed by atoms with Crippen LogP contribution in [0, 0.1) is 11.6 Å². The Bertz CT molecular complexity index is 1110. The Morgan fingerprint density at radius 3 is 2.47 bits per heavy atom. The number of fused-ring (bicyclic) bond motifs is 1. The standard InChI is InChI=1S/C25H25F2N3O2/c1-2-13-29(25(32)18-9-11-19(26)12-10-18)17-23(31)30-16-15-28-14-5-8-22(28)24(30)20-6-3-4-7-21(20)27/h3-12,14,24H,2,13,15-17H2,1H3. The average Bonchev–Trinajstić information content (AvgIpc) is 3.27. The van der Waals surface area contributed by atoms with Crippen LogP contribution in [-0.4, -0.2) is 45.8 Å². The first-order valence-electron chi connectivity index (χ1n) is 10.7. The van der Waals surface area contributed by atoms with Gasteiger partial charge in [-0.25, -0.2) is 8.78 Å². The highest BCUT2D eigenvalue weighted by atomic mass is 19.1. The van der Waals surface area contributed by atoms with E-state index in [-0.39, 0.29) is 24.2 Å². The van der Waals surface area contributed by atoms with Crippen LogP contribution in [0.4, 0.5) is 8.78 Å². The Morgan fingerprint density at radius 1 is 1.00 bits per heavy atom. The second kappa shape index (κ2) is 9.34. The van der Waals surface area contributed by atoms with E-state index in [1.54, 1.807) is 23.1 Å². The van der Waals surface area contributed by atoms with E-state index >= 15 is 0 Å². The average molecular weight is 437 g/mol. The molecule has 2 amide bonds. The lowest BCUT2D eigenvalue weighted by Gasteiger charge is -2.38. The normalized spacial score (nSPS) is 15.3. The smallest absolute Gasteiger partial charge is 0.254 e. The van der Waals surface area contributed by atoms with Crippen molar-refractivity contribution in [3.63, 3.8) is 0 Å². The number of carbonyl (C=O) groups excluding carboxylic acids is 2. The van der Waals surface area contributed by atoms with E-state index in [0.717, 1.165) is 5.69 Å². The summed E-state index contributed by atoms with van der Waals surface area (Å²) in [5.41, 5.74) is 1.58. The molecule has 1 aliphatic heterocycles. The van der Waals surface area contributed by atoms with Gasteiger partial charge in [0.05, 0.1) is 0 Å². The van der Waals surface area contributed by atoms with Gasteiger partial charge in [-0.15, -0.1) is 0 Å². The van der Waals surface area contributed by atoms with E-state index in [2.05, 4.69) is 0 Å². The van der Waals surface area contributed by atoms with Gasteiger partial charge in [0, 0.05) is 42.7 Å². The molecule has 32 heavy (non-hydrogen) atoms. The molecule has 1 atom stereocenters. The van der Waals surface area contributed by atoms with E-state index in [4.69, 9.17) is 0 Å². The summed E-state index contributed by atoms with van der Waals surface area (Å²) in [6, 6.07) is 15.0. The highest BCUT2D eigenvalue weighted by Gasteiger charge is 2.34. The Morgan fingerprint density at radius 2 is 1.75 bits per heavy atom. The lowest BCUT2D eigenvalue weighted by Crippen LogP contribution is -2.48. The van der Waals surface area contributed by atoms with Crippen molar-refractivity contribution in [2.24, 2.45) is 0 Å². The molecule has 0 bridgehead atoms. The van der Waals surface area contributed by atoms with Crippen LogP contribution in [0.15, 0.2) is 66.9 Å². The van der Waals surface area contributed by atoms with Crippen molar-refractivity contribution < 1.29 is 18.4 Å². The number of hydrogen-bond donors (Lipinski definition) is 0. The summed E-state index contributed by atoms with van der Waals surface area (Å²) in [5, 5.41) is 0. The number of amides is 2. The molecule has 0 saturated carbocycles. The molecule has 166 valence electrons. The highest BCUT2D eigenvalue weighted by Crippen LogP contribution is 2.34. The molecule has 4 rings (SSSR count). The molecule has 0 fully saturated rings. The summed E-state index contributed by atoms with van der Waals surface area (Å²) in [6.07, 6.45) is 2.59. The highest BCUT2D eigenvalue weighted by molar-refractivity contribution is 5.96. The molecule has 2 aromatic carbocycles. The zero-order valence-corrected chi connectivity index (χ0v) is 17.9. The summed E-state index contributed by atoms with van der Waals surface area (Å²) < 4.78 is 30.0. The van der Waals surface area contributed by atoms with Crippen molar-refractivity contribution in [2.45, 2.75) is 25.9 Å². The molecule has 3 aromatic rings. The van der Waals surface area contributed by atoms with Crippen molar-refractivity contribution in [1.29, 1.82) is 0 Å². The fourth-order valence-corrected chi connectivity index (χ4v) is 4.23. The number of hydrogen-bond acceptors (Lipinski definition) is 2. The molecule has 0 spiro atoms. The molecular weight excluding hydrogens is 412 g/mol. The van der Waals surface area contributed by atoms with Gasteiger partial charge >= 0.3 is 0 Å². The maximum Gasteiger partial charge on any atom is 0.254 e. The minimum absolute atomic E-state index is 0.129. The van der Waals surface area contributed by atoms with E-state index in [0.29, 0.717) is 37.2 Å². The maximum atomic E-state index is 14.7. The molecule has 1 unspecified atom stereocenters. The predicted octanol–water partition coefficient (Wildman–Crippen LogP) is 4.25. The topological polar surface area (TPSA) is 45.6 Å². The fourth-order valence-electron chi connectivity index (χ4n) is 4.23. The second-order valence-corrected chi connectivity index (χ2v) is 7.87. The molecule has 1 aromatic heterocycles. The maximum absolute atomic E-state index is 14.7. The molecule has 2 heterocycles. The lowest BCUT2D eigenvalue weighted by atomic mass is 9.99. The van der Waals surface area contributed by atoms with E-state index in [9.17, 15) is 18.4 Å². The molecule has 0 saturated heterocycles. The van der Waals surface area contributed by atoms with Crippen LogP contribution in [0.3, 0.4) is 0 Å². The van der Waals surface area contributed by atoms with Crippen molar-refractivity contribution in [1.82, 2.24) is 14.4 Å². The minimum atomic E-state index is -0.572. The number of benzene rings is 2. The zero-order valence-electron chi connectivity index (χ0n) is 17.9. The molecule has 0 N–H and O–H groups in total. The number of rotatable bonds is 6. The number of carbonyl (C=O) groups is 2. The first-order chi connectivity index (χ1) is 15.5. The van der Waals surface area contributed by atoms with Crippen LogP contribution >= 0.6 is 0 Å². The van der Waals surface area contributed by atoms with Gasteiger partial charge in [0.15, 0.2) is 0 Å². The van der Waals surface area contributed by atoms with Gasteiger partial charge in [0.2, 0.25) is 5.91 Å². The molecule has 7 heteroatoms. The molecule has 5 nitrogen and oxygen atoms in total. The van der Waals surface area contributed by atoms with Gasteiger partial charge in [-0.3, -0.25) is 9.59 Å². The molecule has 1 aliphatic rings. The summed E-state index contributed by atoms with van der Waals surface area (Å²) in [5.74, 6) is -1.39. The van der Waals surface area contributed by atoms with Crippen LogP contribution in [0.5, 0.6) is 0 Å². The molecule has 0 aliphatic carbocycles. The monoisotopic (exact) mass is 437 g/mol. The first-order valence-corrected chi connectivity index (χ1v) is 10.7. The van der Waals surface area contributed by atoms with Crippen molar-refractivity contribution in [3.05, 3.63) is 95.3 Å². The Balaban J connectivity index is 1.62. The lowest BCUT2D eigenvalue weighted by molar-refractivity contribution is -0.134. The van der Waals surface area contributed by atoms with Crippen molar-refractivity contribution in [2.75, 3.05) is 19.6 Å². The summed E-state index contributed by atoms with van der Waals surface area (Å²) >= 11 is 0. The summed E-state index contributed by atoms with van der Waals surface area (Å²) in [7, 11) is 0. The van der Waals surface area contributed by atoms with Crippen LogP contribution in [0.25, 0.3) is 0 Å². The third-order valence-corrected chi connectivity index (χ3v) is 5.76. The third-order valence-electron chi connectivity index (χ3n) is 5.76. The number of aromatic nitrogens is 1. The zero-order chi connectivity index (χ0) is 22.7. The Kier molecular flexibility index (Phi) is 6.35. The first kappa shape index (κ1) is 21.7. The van der Waals surface area contributed by atoms with E-state index in [1.807, 2.05) is 29.8 Å². The molecular formula is C25H25F2N3O2. The minimum Gasteiger partial charge on any atom is -0.348 e. The molecule has 0 radical (unpaired) electrons. The second-order valence-electron chi connectivity index (χ2n) is 7.87. The quantitative estimate of drug-likeness (QED) is 0.579. The van der Waals surface area contributed by atoms with Crippen LogP contribution in [0.1, 0.15) is 41.0 Å². The van der Waals surface area contributed by atoms with Gasteiger partial charge < -0.3 is 14.4 Å². The van der Waals surface area contributed by atoms with Gasteiger partial charge in [0.25, 0.3) is 5.91 Å². The van der Waals surface area contributed by atoms with Crippen molar-refractivity contribution >= 4 is 11.8 Å².